The van der Waals surface area contributed by atoms with Crippen molar-refractivity contribution < 1.29 is 19.4 Å². The molecule has 0 spiro atoms. The van der Waals surface area contributed by atoms with Gasteiger partial charge in [0.2, 0.25) is 0 Å². The van der Waals surface area contributed by atoms with Crippen LogP contribution in [0.15, 0.2) is 0 Å². The maximum atomic E-state index is 13.1. The van der Waals surface area contributed by atoms with Crippen LogP contribution in [0.3, 0.4) is 0 Å². The van der Waals surface area contributed by atoms with Crippen molar-refractivity contribution in [2.24, 2.45) is 11.8 Å². The van der Waals surface area contributed by atoms with Gasteiger partial charge in [0, 0.05) is 0 Å². The van der Waals surface area contributed by atoms with Crippen molar-refractivity contribution >= 4 is 11.9 Å². The predicted octanol–water partition coefficient (Wildman–Crippen LogP) is 13.0. The molecular weight excluding hydrogens is 532 g/mol. The summed E-state index contributed by atoms with van der Waals surface area (Å²) in [4.78, 5) is 25.5. The number of ether oxygens (including phenoxy) is 1. The van der Waals surface area contributed by atoms with Crippen LogP contribution in [0, 0.1) is 11.8 Å². The molecule has 0 amide bonds. The molecule has 0 heterocycles. The van der Waals surface area contributed by atoms with Gasteiger partial charge >= 0.3 is 11.9 Å². The molecule has 0 radical (unpaired) electrons. The Bertz CT molecular complexity index is 590. The topological polar surface area (TPSA) is 63.6 Å². The average molecular weight is 609 g/mol. The Morgan fingerprint density at radius 2 is 0.698 bits per heavy atom. The van der Waals surface area contributed by atoms with Crippen LogP contribution >= 0.6 is 0 Å². The van der Waals surface area contributed by atoms with Crippen LogP contribution < -0.4 is 0 Å². The fourth-order valence-corrected chi connectivity index (χ4v) is 6.38. The Morgan fingerprint density at radius 3 is 1.02 bits per heavy atom. The number of carbonyl (C=O) groups excluding carboxylic acids is 1. The number of rotatable bonds is 35. The van der Waals surface area contributed by atoms with E-state index >= 15 is 0 Å². The number of carboxylic acid groups (broad SMARTS) is 1. The summed E-state index contributed by atoms with van der Waals surface area (Å²) in [5, 5.41) is 10.1. The van der Waals surface area contributed by atoms with Crippen LogP contribution in [0.1, 0.15) is 220 Å². The van der Waals surface area contributed by atoms with E-state index in [0.29, 0.717) is 19.4 Å². The highest BCUT2D eigenvalue weighted by atomic mass is 16.5. The molecule has 2 atom stereocenters. The molecule has 0 aromatic heterocycles. The van der Waals surface area contributed by atoms with Crippen LogP contribution in [0.5, 0.6) is 0 Å². The van der Waals surface area contributed by atoms with E-state index in [2.05, 4.69) is 20.8 Å². The van der Waals surface area contributed by atoms with Crippen molar-refractivity contribution in [3.8, 4) is 0 Å². The standard InChI is InChI=1S/C39H76O4/c1-4-7-10-13-15-17-19-20-21-22-24-26-28-31-34-37(39(42)43-35-32-29-12-9-6-3)36(38(40)41)33-30-27-25-23-18-16-14-11-8-5-2/h36-37H,4-35H2,1-3H3,(H,40,41). The number of carbonyl (C=O) groups is 2. The van der Waals surface area contributed by atoms with Gasteiger partial charge in [0.25, 0.3) is 0 Å². The summed E-state index contributed by atoms with van der Waals surface area (Å²) in [5.74, 6) is -2.18. The lowest BCUT2D eigenvalue weighted by molar-refractivity contribution is -0.158. The SMILES string of the molecule is CCCCCCCCCCCCCCCCC(C(=O)OCCCCCCC)C(CCCCCCCCCCCC)C(=O)O. The molecule has 0 aromatic rings. The maximum Gasteiger partial charge on any atom is 0.309 e. The van der Waals surface area contributed by atoms with Crippen LogP contribution in [-0.2, 0) is 14.3 Å². The van der Waals surface area contributed by atoms with Gasteiger partial charge in [-0.2, -0.15) is 0 Å². The summed E-state index contributed by atoms with van der Waals surface area (Å²) < 4.78 is 5.68. The van der Waals surface area contributed by atoms with E-state index in [1.165, 1.54) is 148 Å². The number of hydrogen-bond donors (Lipinski definition) is 1. The number of carboxylic acids is 1. The van der Waals surface area contributed by atoms with E-state index in [0.717, 1.165) is 38.5 Å². The molecule has 0 aliphatic heterocycles. The molecule has 1 N–H and O–H groups in total. The van der Waals surface area contributed by atoms with Gasteiger partial charge in [0.15, 0.2) is 0 Å². The molecular formula is C39H76O4. The highest BCUT2D eigenvalue weighted by Gasteiger charge is 2.34. The second-order valence-corrected chi connectivity index (χ2v) is 13.5. The second-order valence-electron chi connectivity index (χ2n) is 13.5. The number of hydrogen-bond acceptors (Lipinski definition) is 3. The van der Waals surface area contributed by atoms with Crippen molar-refractivity contribution in [1.82, 2.24) is 0 Å². The molecule has 0 aliphatic rings. The van der Waals surface area contributed by atoms with E-state index in [-0.39, 0.29) is 5.97 Å². The minimum atomic E-state index is -0.814. The molecule has 4 heteroatoms. The Morgan fingerprint density at radius 1 is 0.419 bits per heavy atom. The third-order valence-corrected chi connectivity index (χ3v) is 9.34. The lowest BCUT2D eigenvalue weighted by atomic mass is 9.83. The van der Waals surface area contributed by atoms with Crippen molar-refractivity contribution in [2.45, 2.75) is 220 Å². The fraction of sp³-hybridized carbons (Fsp3) is 0.949. The Hall–Kier alpha value is -1.06. The molecule has 256 valence electrons. The predicted molar refractivity (Wildman–Crippen MR) is 186 cm³/mol. The van der Waals surface area contributed by atoms with Gasteiger partial charge < -0.3 is 9.84 Å². The molecule has 0 rings (SSSR count). The quantitative estimate of drug-likeness (QED) is 0.0574. The average Bonchev–Trinajstić information content (AvgIpc) is 3.00. The summed E-state index contributed by atoms with van der Waals surface area (Å²) in [7, 11) is 0. The summed E-state index contributed by atoms with van der Waals surface area (Å²) in [6.45, 7) is 7.16. The third-order valence-electron chi connectivity index (χ3n) is 9.34. The number of esters is 1. The monoisotopic (exact) mass is 609 g/mol. The zero-order valence-electron chi connectivity index (χ0n) is 29.5. The van der Waals surface area contributed by atoms with Crippen LogP contribution in [0.4, 0.5) is 0 Å². The highest BCUT2D eigenvalue weighted by molar-refractivity contribution is 5.81. The van der Waals surface area contributed by atoms with Crippen LogP contribution in [0.25, 0.3) is 0 Å². The van der Waals surface area contributed by atoms with Gasteiger partial charge in [-0.15, -0.1) is 0 Å². The molecule has 0 aromatic carbocycles. The van der Waals surface area contributed by atoms with Gasteiger partial charge in [-0.05, 0) is 19.3 Å². The molecule has 0 saturated heterocycles. The zero-order chi connectivity index (χ0) is 31.6. The van der Waals surface area contributed by atoms with Gasteiger partial charge in [-0.3, -0.25) is 9.59 Å². The molecule has 0 fully saturated rings. The molecule has 0 aliphatic carbocycles. The normalized spacial score (nSPS) is 12.8. The molecule has 0 bridgehead atoms. The van der Waals surface area contributed by atoms with E-state index in [4.69, 9.17) is 4.74 Å². The lowest BCUT2D eigenvalue weighted by Crippen LogP contribution is -2.31. The van der Waals surface area contributed by atoms with Gasteiger partial charge in [-0.1, -0.05) is 201 Å². The van der Waals surface area contributed by atoms with E-state index in [1.807, 2.05) is 0 Å². The molecule has 43 heavy (non-hydrogen) atoms. The first kappa shape index (κ1) is 41.9. The lowest BCUT2D eigenvalue weighted by Gasteiger charge is -2.23. The van der Waals surface area contributed by atoms with Gasteiger partial charge in [0.1, 0.15) is 0 Å². The smallest absolute Gasteiger partial charge is 0.309 e. The van der Waals surface area contributed by atoms with Crippen molar-refractivity contribution in [2.75, 3.05) is 6.61 Å². The first-order valence-electron chi connectivity index (χ1n) is 19.5. The minimum absolute atomic E-state index is 0.260. The van der Waals surface area contributed by atoms with E-state index in [9.17, 15) is 14.7 Å². The second kappa shape index (κ2) is 33.8. The Labute approximate surface area is 269 Å². The summed E-state index contributed by atoms with van der Waals surface area (Å²) >= 11 is 0. The first-order valence-corrected chi connectivity index (χ1v) is 19.5. The third kappa shape index (κ3) is 28.2. The number of unbranched alkanes of at least 4 members (excludes halogenated alkanes) is 26. The Balaban J connectivity index is 4.42. The van der Waals surface area contributed by atoms with E-state index in [1.54, 1.807) is 0 Å². The molecule has 0 saturated carbocycles. The minimum Gasteiger partial charge on any atom is -0.481 e. The molecule has 2 unspecified atom stereocenters. The van der Waals surface area contributed by atoms with Gasteiger partial charge in [0.05, 0.1) is 18.4 Å². The van der Waals surface area contributed by atoms with E-state index < -0.39 is 17.8 Å². The van der Waals surface area contributed by atoms with Crippen molar-refractivity contribution in [1.29, 1.82) is 0 Å². The van der Waals surface area contributed by atoms with Crippen LogP contribution in [0.2, 0.25) is 0 Å². The van der Waals surface area contributed by atoms with Crippen molar-refractivity contribution in [3.05, 3.63) is 0 Å². The highest BCUT2D eigenvalue weighted by Crippen LogP contribution is 2.27. The summed E-state index contributed by atoms with van der Waals surface area (Å²) in [5.41, 5.74) is 0. The maximum absolute atomic E-state index is 13.1. The summed E-state index contributed by atoms with van der Waals surface area (Å²) in [6, 6.07) is 0. The first-order chi connectivity index (χ1) is 21.1. The fourth-order valence-electron chi connectivity index (χ4n) is 6.38. The number of aliphatic carboxylic acids is 1. The Kier molecular flexibility index (Phi) is 33.0. The van der Waals surface area contributed by atoms with Crippen LogP contribution in [-0.4, -0.2) is 23.7 Å². The molecule has 4 nitrogen and oxygen atoms in total. The zero-order valence-corrected chi connectivity index (χ0v) is 29.5. The van der Waals surface area contributed by atoms with Gasteiger partial charge in [-0.25, -0.2) is 0 Å². The van der Waals surface area contributed by atoms with Crippen molar-refractivity contribution in [3.63, 3.8) is 0 Å². The largest absolute Gasteiger partial charge is 0.481 e. The summed E-state index contributed by atoms with van der Waals surface area (Å²) in [6.07, 6.45) is 37.3.